The van der Waals surface area contributed by atoms with Crippen LogP contribution in [0.2, 0.25) is 0 Å². The SMILES string of the molecule is CCCc1nc(N)c(C)c(Nc2ccc(C)c(C)c2)n1. The molecule has 2 aromatic rings. The molecule has 4 heteroatoms. The van der Waals surface area contributed by atoms with Gasteiger partial charge >= 0.3 is 0 Å². The van der Waals surface area contributed by atoms with Crippen LogP contribution in [-0.2, 0) is 6.42 Å². The van der Waals surface area contributed by atoms with Gasteiger partial charge in [0.25, 0.3) is 0 Å². The van der Waals surface area contributed by atoms with Crippen molar-refractivity contribution in [2.24, 2.45) is 0 Å². The van der Waals surface area contributed by atoms with Crippen LogP contribution < -0.4 is 11.1 Å². The highest BCUT2D eigenvalue weighted by Crippen LogP contribution is 2.23. The molecular formula is C16H22N4. The maximum atomic E-state index is 5.97. The van der Waals surface area contributed by atoms with Crippen molar-refractivity contribution < 1.29 is 0 Å². The second-order valence-corrected chi connectivity index (χ2v) is 5.17. The van der Waals surface area contributed by atoms with E-state index in [1.165, 1.54) is 11.1 Å². The fourth-order valence-electron chi connectivity index (χ4n) is 2.00. The number of rotatable bonds is 4. The Balaban J connectivity index is 2.34. The van der Waals surface area contributed by atoms with Crippen LogP contribution in [-0.4, -0.2) is 9.97 Å². The van der Waals surface area contributed by atoms with Crippen LogP contribution in [0.25, 0.3) is 0 Å². The van der Waals surface area contributed by atoms with Crippen LogP contribution >= 0.6 is 0 Å². The van der Waals surface area contributed by atoms with Gasteiger partial charge in [0.05, 0.1) is 0 Å². The molecule has 0 unspecified atom stereocenters. The zero-order valence-electron chi connectivity index (χ0n) is 12.6. The summed E-state index contributed by atoms with van der Waals surface area (Å²) in [5, 5.41) is 3.35. The summed E-state index contributed by atoms with van der Waals surface area (Å²) in [5.41, 5.74) is 10.4. The number of hydrogen-bond donors (Lipinski definition) is 2. The van der Waals surface area contributed by atoms with Crippen molar-refractivity contribution >= 4 is 17.3 Å². The summed E-state index contributed by atoms with van der Waals surface area (Å²) in [6.45, 7) is 8.25. The van der Waals surface area contributed by atoms with Gasteiger partial charge in [0.15, 0.2) is 0 Å². The topological polar surface area (TPSA) is 63.8 Å². The molecule has 0 saturated carbocycles. The summed E-state index contributed by atoms with van der Waals surface area (Å²) in [6.07, 6.45) is 1.84. The minimum Gasteiger partial charge on any atom is -0.383 e. The van der Waals surface area contributed by atoms with Crippen molar-refractivity contribution in [3.63, 3.8) is 0 Å². The Kier molecular flexibility index (Phi) is 4.23. The number of benzene rings is 1. The number of aryl methyl sites for hydroxylation is 3. The first kappa shape index (κ1) is 14.3. The van der Waals surface area contributed by atoms with E-state index in [1.807, 2.05) is 6.92 Å². The van der Waals surface area contributed by atoms with E-state index in [-0.39, 0.29) is 0 Å². The minimum atomic E-state index is 0.551. The quantitative estimate of drug-likeness (QED) is 0.889. The number of nitrogens with one attached hydrogen (secondary N) is 1. The second kappa shape index (κ2) is 5.90. The smallest absolute Gasteiger partial charge is 0.139 e. The Morgan fingerprint density at radius 2 is 1.85 bits per heavy atom. The van der Waals surface area contributed by atoms with E-state index in [4.69, 9.17) is 5.73 Å². The third kappa shape index (κ3) is 3.07. The van der Waals surface area contributed by atoms with Crippen molar-refractivity contribution in [2.45, 2.75) is 40.5 Å². The van der Waals surface area contributed by atoms with Crippen molar-refractivity contribution in [1.82, 2.24) is 9.97 Å². The molecule has 1 aromatic carbocycles. The van der Waals surface area contributed by atoms with E-state index < -0.39 is 0 Å². The van der Waals surface area contributed by atoms with Crippen molar-refractivity contribution in [3.8, 4) is 0 Å². The molecule has 0 amide bonds. The first-order valence-corrected chi connectivity index (χ1v) is 6.98. The average Bonchev–Trinajstić information content (AvgIpc) is 2.40. The molecular weight excluding hydrogens is 248 g/mol. The van der Waals surface area contributed by atoms with Crippen LogP contribution in [0.15, 0.2) is 18.2 Å². The van der Waals surface area contributed by atoms with Gasteiger partial charge in [-0.1, -0.05) is 13.0 Å². The van der Waals surface area contributed by atoms with Crippen LogP contribution in [0, 0.1) is 20.8 Å². The van der Waals surface area contributed by atoms with Gasteiger partial charge in [-0.25, -0.2) is 9.97 Å². The average molecular weight is 270 g/mol. The molecule has 0 radical (unpaired) electrons. The van der Waals surface area contributed by atoms with Gasteiger partial charge in [0.1, 0.15) is 17.5 Å². The Morgan fingerprint density at radius 3 is 2.50 bits per heavy atom. The molecule has 0 saturated heterocycles. The van der Waals surface area contributed by atoms with Crippen LogP contribution in [0.5, 0.6) is 0 Å². The molecule has 1 aromatic heterocycles. The van der Waals surface area contributed by atoms with Crippen LogP contribution in [0.3, 0.4) is 0 Å². The fourth-order valence-corrected chi connectivity index (χ4v) is 2.00. The van der Waals surface area contributed by atoms with E-state index in [0.29, 0.717) is 5.82 Å². The number of nitrogen functional groups attached to an aromatic ring is 1. The lowest BCUT2D eigenvalue weighted by molar-refractivity contribution is 0.836. The predicted octanol–water partition coefficient (Wildman–Crippen LogP) is 3.68. The molecule has 2 rings (SSSR count). The molecule has 3 N–H and O–H groups in total. The third-order valence-corrected chi connectivity index (χ3v) is 3.47. The second-order valence-electron chi connectivity index (χ2n) is 5.17. The van der Waals surface area contributed by atoms with Gasteiger partial charge in [0, 0.05) is 17.7 Å². The summed E-state index contributed by atoms with van der Waals surface area (Å²) in [7, 11) is 0. The van der Waals surface area contributed by atoms with E-state index >= 15 is 0 Å². The maximum Gasteiger partial charge on any atom is 0.139 e. The molecule has 0 fully saturated rings. The van der Waals surface area contributed by atoms with Gasteiger partial charge < -0.3 is 11.1 Å². The number of nitrogens with zero attached hydrogens (tertiary/aromatic N) is 2. The summed E-state index contributed by atoms with van der Waals surface area (Å²) in [4.78, 5) is 8.89. The Morgan fingerprint density at radius 1 is 1.10 bits per heavy atom. The lowest BCUT2D eigenvalue weighted by Gasteiger charge is -2.13. The molecule has 4 nitrogen and oxygen atoms in total. The molecule has 0 bridgehead atoms. The fraction of sp³-hybridized carbons (Fsp3) is 0.375. The monoisotopic (exact) mass is 270 g/mol. The van der Waals surface area contributed by atoms with Crippen molar-refractivity contribution in [2.75, 3.05) is 11.1 Å². The Bertz CT molecular complexity index is 620. The third-order valence-electron chi connectivity index (χ3n) is 3.47. The highest BCUT2D eigenvalue weighted by Gasteiger charge is 2.09. The Labute approximate surface area is 120 Å². The summed E-state index contributed by atoms with van der Waals surface area (Å²) in [6, 6.07) is 6.27. The summed E-state index contributed by atoms with van der Waals surface area (Å²) < 4.78 is 0. The van der Waals surface area contributed by atoms with E-state index in [1.54, 1.807) is 0 Å². The maximum absolute atomic E-state index is 5.97. The largest absolute Gasteiger partial charge is 0.383 e. The van der Waals surface area contributed by atoms with Crippen LogP contribution in [0.4, 0.5) is 17.3 Å². The number of aromatic nitrogens is 2. The number of nitrogens with two attached hydrogens (primary N) is 1. The van der Waals surface area contributed by atoms with Crippen molar-refractivity contribution in [1.29, 1.82) is 0 Å². The molecule has 1 heterocycles. The lowest BCUT2D eigenvalue weighted by atomic mass is 10.1. The lowest BCUT2D eigenvalue weighted by Crippen LogP contribution is -2.07. The molecule has 0 aliphatic rings. The molecule has 20 heavy (non-hydrogen) atoms. The normalized spacial score (nSPS) is 10.6. The summed E-state index contributed by atoms with van der Waals surface area (Å²) >= 11 is 0. The standard InChI is InChI=1S/C16H22N4/c1-5-6-14-19-15(17)12(4)16(20-14)18-13-8-7-10(2)11(3)9-13/h7-9H,5-6H2,1-4H3,(H3,17,18,19,20). The highest BCUT2D eigenvalue weighted by molar-refractivity contribution is 5.64. The first-order valence-electron chi connectivity index (χ1n) is 6.98. The van der Waals surface area contributed by atoms with Gasteiger partial charge in [-0.3, -0.25) is 0 Å². The first-order chi connectivity index (χ1) is 9.51. The van der Waals surface area contributed by atoms with Gasteiger partial charge in [-0.15, -0.1) is 0 Å². The van der Waals surface area contributed by atoms with E-state index in [9.17, 15) is 0 Å². The molecule has 0 aliphatic carbocycles. The zero-order valence-corrected chi connectivity index (χ0v) is 12.6. The molecule has 0 spiro atoms. The van der Waals surface area contributed by atoms with Gasteiger partial charge in [0.2, 0.25) is 0 Å². The predicted molar refractivity (Wildman–Crippen MR) is 84.4 cm³/mol. The Hall–Kier alpha value is -2.10. The van der Waals surface area contributed by atoms with E-state index in [0.717, 1.165) is 35.7 Å². The van der Waals surface area contributed by atoms with E-state index in [2.05, 4.69) is 54.3 Å². The molecule has 0 aliphatic heterocycles. The van der Waals surface area contributed by atoms with Gasteiger partial charge in [-0.05, 0) is 50.5 Å². The van der Waals surface area contributed by atoms with Gasteiger partial charge in [-0.2, -0.15) is 0 Å². The minimum absolute atomic E-state index is 0.551. The highest BCUT2D eigenvalue weighted by atomic mass is 15.1. The van der Waals surface area contributed by atoms with Crippen LogP contribution in [0.1, 0.15) is 35.9 Å². The zero-order chi connectivity index (χ0) is 14.7. The number of hydrogen-bond acceptors (Lipinski definition) is 4. The molecule has 0 atom stereocenters. The van der Waals surface area contributed by atoms with Crippen molar-refractivity contribution in [3.05, 3.63) is 40.7 Å². The summed E-state index contributed by atoms with van der Waals surface area (Å²) in [5.74, 6) is 2.14. The number of anilines is 3. The molecule has 106 valence electrons.